The molecule has 1 amide bonds. The Kier molecular flexibility index (Phi) is 4.27. The standard InChI is InChI=1S/C14H21N3O2/c1-16-14(18)11-3-4-13(12(15)7-11)17-6-5-10(8-17)9-19-2/h3-4,7,10H,5-6,8-9,15H2,1-2H3,(H,16,18). The number of rotatable bonds is 4. The number of hydrogen-bond acceptors (Lipinski definition) is 4. The number of amides is 1. The number of ether oxygens (including phenoxy) is 1. The van der Waals surface area contributed by atoms with E-state index in [2.05, 4.69) is 10.2 Å². The molecule has 1 unspecified atom stereocenters. The van der Waals surface area contributed by atoms with Gasteiger partial charge in [-0.1, -0.05) is 0 Å². The molecule has 0 saturated carbocycles. The Morgan fingerprint density at radius 1 is 1.58 bits per heavy atom. The highest BCUT2D eigenvalue weighted by atomic mass is 16.5. The molecule has 104 valence electrons. The van der Waals surface area contributed by atoms with Crippen LogP contribution in [0.2, 0.25) is 0 Å². The normalized spacial score (nSPS) is 18.6. The first-order valence-electron chi connectivity index (χ1n) is 6.51. The van der Waals surface area contributed by atoms with Gasteiger partial charge in [-0.2, -0.15) is 0 Å². The van der Waals surface area contributed by atoms with E-state index in [-0.39, 0.29) is 5.91 Å². The van der Waals surface area contributed by atoms with Gasteiger partial charge in [-0.15, -0.1) is 0 Å². The van der Waals surface area contributed by atoms with Crippen molar-refractivity contribution < 1.29 is 9.53 Å². The van der Waals surface area contributed by atoms with E-state index in [1.54, 1.807) is 20.2 Å². The van der Waals surface area contributed by atoms with E-state index < -0.39 is 0 Å². The zero-order valence-electron chi connectivity index (χ0n) is 11.5. The molecule has 5 nitrogen and oxygen atoms in total. The molecule has 1 aromatic rings. The molecule has 1 aliphatic heterocycles. The summed E-state index contributed by atoms with van der Waals surface area (Å²) in [5.41, 5.74) is 8.31. The lowest BCUT2D eigenvalue weighted by atomic mass is 10.1. The summed E-state index contributed by atoms with van der Waals surface area (Å²) in [6, 6.07) is 5.47. The molecule has 0 radical (unpaired) electrons. The number of nitrogens with one attached hydrogen (secondary N) is 1. The molecule has 1 aliphatic rings. The second kappa shape index (κ2) is 5.93. The number of methoxy groups -OCH3 is 1. The van der Waals surface area contributed by atoms with Crippen LogP contribution in [0.25, 0.3) is 0 Å². The van der Waals surface area contributed by atoms with E-state index in [9.17, 15) is 4.79 Å². The van der Waals surface area contributed by atoms with E-state index in [4.69, 9.17) is 10.5 Å². The molecule has 1 atom stereocenters. The van der Waals surface area contributed by atoms with Crippen LogP contribution in [0.3, 0.4) is 0 Å². The molecule has 1 fully saturated rings. The Morgan fingerprint density at radius 2 is 2.37 bits per heavy atom. The maximum atomic E-state index is 11.5. The number of hydrogen-bond donors (Lipinski definition) is 2. The molecular weight excluding hydrogens is 242 g/mol. The monoisotopic (exact) mass is 263 g/mol. The molecule has 1 saturated heterocycles. The van der Waals surface area contributed by atoms with E-state index in [0.29, 0.717) is 17.2 Å². The van der Waals surface area contributed by atoms with Crippen molar-refractivity contribution in [3.8, 4) is 0 Å². The summed E-state index contributed by atoms with van der Waals surface area (Å²) in [4.78, 5) is 13.8. The highest BCUT2D eigenvalue weighted by Crippen LogP contribution is 2.29. The number of carbonyl (C=O) groups is 1. The van der Waals surface area contributed by atoms with Crippen molar-refractivity contribution in [2.45, 2.75) is 6.42 Å². The third-order valence-corrected chi connectivity index (χ3v) is 3.55. The van der Waals surface area contributed by atoms with Crippen molar-refractivity contribution in [2.24, 2.45) is 5.92 Å². The Morgan fingerprint density at radius 3 is 3.00 bits per heavy atom. The van der Waals surface area contributed by atoms with Crippen LogP contribution in [0, 0.1) is 5.92 Å². The predicted molar refractivity (Wildman–Crippen MR) is 76.4 cm³/mol. The van der Waals surface area contributed by atoms with Gasteiger partial charge >= 0.3 is 0 Å². The van der Waals surface area contributed by atoms with Gasteiger partial charge in [-0.3, -0.25) is 4.79 Å². The van der Waals surface area contributed by atoms with Crippen molar-refractivity contribution in [3.63, 3.8) is 0 Å². The summed E-state index contributed by atoms with van der Waals surface area (Å²) >= 11 is 0. The summed E-state index contributed by atoms with van der Waals surface area (Å²) < 4.78 is 5.19. The summed E-state index contributed by atoms with van der Waals surface area (Å²) in [5.74, 6) is 0.444. The van der Waals surface area contributed by atoms with Gasteiger partial charge in [0.25, 0.3) is 5.91 Å². The van der Waals surface area contributed by atoms with E-state index in [1.807, 2.05) is 12.1 Å². The third kappa shape index (κ3) is 2.98. The van der Waals surface area contributed by atoms with Crippen LogP contribution in [0.5, 0.6) is 0 Å². The van der Waals surface area contributed by atoms with Gasteiger partial charge in [0.05, 0.1) is 18.0 Å². The average molecular weight is 263 g/mol. The lowest BCUT2D eigenvalue weighted by molar-refractivity contribution is 0.0963. The highest BCUT2D eigenvalue weighted by molar-refractivity contribution is 5.96. The molecule has 1 heterocycles. The zero-order valence-corrected chi connectivity index (χ0v) is 11.5. The number of nitrogen functional groups attached to an aromatic ring is 1. The van der Waals surface area contributed by atoms with Crippen molar-refractivity contribution in [1.29, 1.82) is 0 Å². The van der Waals surface area contributed by atoms with E-state index in [0.717, 1.165) is 31.8 Å². The van der Waals surface area contributed by atoms with Gasteiger partial charge in [0, 0.05) is 38.7 Å². The van der Waals surface area contributed by atoms with Crippen LogP contribution in [0.1, 0.15) is 16.8 Å². The summed E-state index contributed by atoms with van der Waals surface area (Å²) in [5, 5.41) is 2.60. The van der Waals surface area contributed by atoms with Crippen LogP contribution >= 0.6 is 0 Å². The fourth-order valence-corrected chi connectivity index (χ4v) is 2.55. The zero-order chi connectivity index (χ0) is 13.8. The topological polar surface area (TPSA) is 67.6 Å². The molecule has 0 aromatic heterocycles. The number of benzene rings is 1. The maximum Gasteiger partial charge on any atom is 0.251 e. The number of anilines is 2. The van der Waals surface area contributed by atoms with Crippen molar-refractivity contribution >= 4 is 17.3 Å². The summed E-state index contributed by atoms with van der Waals surface area (Å²) in [6.45, 7) is 2.72. The molecule has 1 aromatic carbocycles. The highest BCUT2D eigenvalue weighted by Gasteiger charge is 2.24. The number of nitrogens with zero attached hydrogens (tertiary/aromatic N) is 1. The minimum atomic E-state index is -0.114. The Labute approximate surface area is 113 Å². The van der Waals surface area contributed by atoms with E-state index in [1.165, 1.54) is 0 Å². The second-order valence-electron chi connectivity index (χ2n) is 4.91. The quantitative estimate of drug-likeness (QED) is 0.798. The van der Waals surface area contributed by atoms with Crippen molar-refractivity contribution in [2.75, 3.05) is 44.5 Å². The van der Waals surface area contributed by atoms with Gasteiger partial charge in [-0.05, 0) is 24.6 Å². The van der Waals surface area contributed by atoms with Gasteiger partial charge in [0.1, 0.15) is 0 Å². The van der Waals surface area contributed by atoms with Crippen molar-refractivity contribution in [3.05, 3.63) is 23.8 Å². The SMILES string of the molecule is CNC(=O)c1ccc(N2CCC(COC)C2)c(N)c1. The Balaban J connectivity index is 2.11. The molecule has 19 heavy (non-hydrogen) atoms. The number of nitrogens with two attached hydrogens (primary N) is 1. The third-order valence-electron chi connectivity index (χ3n) is 3.55. The van der Waals surface area contributed by atoms with Gasteiger partial charge in [0.15, 0.2) is 0 Å². The van der Waals surface area contributed by atoms with Crippen LogP contribution in [0.15, 0.2) is 18.2 Å². The Hall–Kier alpha value is -1.75. The largest absolute Gasteiger partial charge is 0.397 e. The molecule has 2 rings (SSSR count). The fourth-order valence-electron chi connectivity index (χ4n) is 2.55. The summed E-state index contributed by atoms with van der Waals surface area (Å²) in [6.07, 6.45) is 1.12. The van der Waals surface area contributed by atoms with Gasteiger partial charge < -0.3 is 20.7 Å². The first-order valence-corrected chi connectivity index (χ1v) is 6.51. The van der Waals surface area contributed by atoms with Crippen molar-refractivity contribution in [1.82, 2.24) is 5.32 Å². The maximum absolute atomic E-state index is 11.5. The minimum absolute atomic E-state index is 0.114. The molecular formula is C14H21N3O2. The van der Waals surface area contributed by atoms with Gasteiger partial charge in [-0.25, -0.2) is 0 Å². The lowest BCUT2D eigenvalue weighted by Gasteiger charge is -2.21. The summed E-state index contributed by atoms with van der Waals surface area (Å²) in [7, 11) is 3.34. The minimum Gasteiger partial charge on any atom is -0.397 e. The van der Waals surface area contributed by atoms with Gasteiger partial charge in [0.2, 0.25) is 0 Å². The first kappa shape index (κ1) is 13.7. The Bertz CT molecular complexity index is 462. The average Bonchev–Trinajstić information content (AvgIpc) is 2.86. The second-order valence-corrected chi connectivity index (χ2v) is 4.91. The van der Waals surface area contributed by atoms with Crippen LogP contribution in [-0.2, 0) is 4.74 Å². The molecule has 3 N–H and O–H groups in total. The number of carbonyl (C=O) groups excluding carboxylic acids is 1. The lowest BCUT2D eigenvalue weighted by Crippen LogP contribution is -2.23. The predicted octanol–water partition coefficient (Wildman–Crippen LogP) is 1.10. The van der Waals surface area contributed by atoms with Crippen LogP contribution in [-0.4, -0.2) is 39.8 Å². The van der Waals surface area contributed by atoms with E-state index >= 15 is 0 Å². The molecule has 0 bridgehead atoms. The molecule has 5 heteroatoms. The van der Waals surface area contributed by atoms with Crippen LogP contribution in [0.4, 0.5) is 11.4 Å². The van der Waals surface area contributed by atoms with Crippen LogP contribution < -0.4 is 16.0 Å². The first-order chi connectivity index (χ1) is 9.15. The molecule has 0 spiro atoms. The smallest absolute Gasteiger partial charge is 0.251 e. The fraction of sp³-hybridized carbons (Fsp3) is 0.500. The molecule has 0 aliphatic carbocycles.